The number of hydrogen-bond donors (Lipinski definition) is 0. The normalized spacial score (nSPS) is 16.0. The molecule has 0 radical (unpaired) electrons. The molecule has 2 saturated heterocycles. The molecular formula is C23H22N3O5P. The molecule has 9 heteroatoms. The molecule has 8 nitrogen and oxygen atoms in total. The molecule has 0 unspecified atom stereocenters. The number of benzene rings is 3. The largest absolute Gasteiger partial charge is 0.450 e. The van der Waals surface area contributed by atoms with Gasteiger partial charge in [-0.25, -0.2) is 9.34 Å². The van der Waals surface area contributed by atoms with Gasteiger partial charge < -0.3 is 9.26 Å². The molecule has 2 heterocycles. The highest BCUT2D eigenvalue weighted by Crippen LogP contribution is 2.61. The summed E-state index contributed by atoms with van der Waals surface area (Å²) in [6.45, 7) is 3.15. The van der Waals surface area contributed by atoms with Gasteiger partial charge >= 0.3 is 13.4 Å². The highest BCUT2D eigenvalue weighted by molar-refractivity contribution is 7.54. The summed E-state index contributed by atoms with van der Waals surface area (Å²) < 4.78 is 28.4. The number of hydrogen-bond acceptors (Lipinski definition) is 5. The topological polar surface area (TPSA) is 84.7 Å². The van der Waals surface area contributed by atoms with Crippen LogP contribution in [0.5, 0.6) is 11.5 Å². The van der Waals surface area contributed by atoms with Gasteiger partial charge in [-0.1, -0.05) is 42.5 Å². The number of ether oxygens (including phenoxy) is 1. The maximum absolute atomic E-state index is 13.1. The first-order valence-corrected chi connectivity index (χ1v) is 11.9. The maximum atomic E-state index is 13.1. The minimum atomic E-state index is -2.96. The van der Waals surface area contributed by atoms with Gasteiger partial charge in [0.25, 0.3) is 0 Å². The molecule has 0 aromatic heterocycles. The zero-order valence-corrected chi connectivity index (χ0v) is 18.2. The van der Waals surface area contributed by atoms with Crippen molar-refractivity contribution in [3.63, 3.8) is 0 Å². The predicted octanol–water partition coefficient (Wildman–Crippen LogP) is 5.31. The zero-order chi connectivity index (χ0) is 22.1. The molecule has 164 valence electrons. The van der Waals surface area contributed by atoms with Crippen LogP contribution in [0.4, 0.5) is 5.69 Å². The molecule has 2 fully saturated rings. The van der Waals surface area contributed by atoms with E-state index in [9.17, 15) is 14.7 Å². The number of rotatable bonds is 9. The predicted molar refractivity (Wildman–Crippen MR) is 121 cm³/mol. The lowest BCUT2D eigenvalue weighted by Gasteiger charge is -2.19. The Morgan fingerprint density at radius 2 is 1.50 bits per heavy atom. The third-order valence-corrected chi connectivity index (χ3v) is 8.07. The Hall–Kier alpha value is -3.03. The van der Waals surface area contributed by atoms with Crippen LogP contribution in [0.3, 0.4) is 0 Å². The van der Waals surface area contributed by atoms with E-state index >= 15 is 0 Å². The van der Waals surface area contributed by atoms with Crippen LogP contribution in [0.2, 0.25) is 0 Å². The van der Waals surface area contributed by atoms with Gasteiger partial charge in [0.15, 0.2) is 0 Å². The van der Waals surface area contributed by atoms with Gasteiger partial charge in [0.2, 0.25) is 5.75 Å². The third-order valence-electron chi connectivity index (χ3n) is 5.37. The third kappa shape index (κ3) is 4.45. The molecular weight excluding hydrogens is 429 g/mol. The summed E-state index contributed by atoms with van der Waals surface area (Å²) in [7, 11) is -2.96. The van der Waals surface area contributed by atoms with E-state index in [-0.39, 0.29) is 18.0 Å². The van der Waals surface area contributed by atoms with Crippen LogP contribution >= 0.6 is 7.67 Å². The van der Waals surface area contributed by atoms with E-state index in [1.54, 1.807) is 24.3 Å². The SMILES string of the molecule is O=[N+]([O-])c1ccc(COP(=O)(N2CC2)N2CC2)cc1Oc1ccc(-c2ccccc2)cc1. The van der Waals surface area contributed by atoms with Crippen molar-refractivity contribution in [2.75, 3.05) is 26.2 Å². The Morgan fingerprint density at radius 1 is 0.875 bits per heavy atom. The highest BCUT2D eigenvalue weighted by atomic mass is 31.2. The Balaban J connectivity index is 1.34. The molecule has 0 saturated carbocycles. The van der Waals surface area contributed by atoms with Crippen LogP contribution < -0.4 is 4.74 Å². The molecule has 0 amide bonds. The van der Waals surface area contributed by atoms with E-state index in [1.807, 2.05) is 51.8 Å². The molecule has 3 aromatic carbocycles. The van der Waals surface area contributed by atoms with E-state index in [0.717, 1.165) is 37.3 Å². The average Bonchev–Trinajstić information content (AvgIpc) is 3.71. The summed E-state index contributed by atoms with van der Waals surface area (Å²) in [6, 6.07) is 21.9. The van der Waals surface area contributed by atoms with Gasteiger partial charge in [-0.2, -0.15) is 0 Å². The van der Waals surface area contributed by atoms with Crippen LogP contribution in [-0.4, -0.2) is 40.4 Å². The standard InChI is InChI=1S/C23H22N3O5P/c27-26(28)22-11-6-18(17-30-32(29,24-12-13-24)25-14-15-25)16-23(22)31-21-9-7-20(8-10-21)19-4-2-1-3-5-19/h1-11,16H,12-15,17H2. The van der Waals surface area contributed by atoms with E-state index in [0.29, 0.717) is 11.3 Å². The molecule has 32 heavy (non-hydrogen) atoms. The molecule has 3 aromatic rings. The fourth-order valence-corrected chi connectivity index (χ4v) is 5.64. The van der Waals surface area contributed by atoms with Crippen molar-refractivity contribution in [2.45, 2.75) is 6.61 Å². The number of nitro benzene ring substituents is 1. The van der Waals surface area contributed by atoms with Crippen molar-refractivity contribution in [1.29, 1.82) is 0 Å². The summed E-state index contributed by atoms with van der Waals surface area (Å²) >= 11 is 0. The minimum Gasteiger partial charge on any atom is -0.450 e. The lowest BCUT2D eigenvalue weighted by molar-refractivity contribution is -0.385. The van der Waals surface area contributed by atoms with Crippen LogP contribution in [0, 0.1) is 10.1 Å². The molecule has 0 N–H and O–H groups in total. The highest BCUT2D eigenvalue weighted by Gasteiger charge is 2.49. The Labute approximate surface area is 185 Å². The summed E-state index contributed by atoms with van der Waals surface area (Å²) in [5, 5.41) is 11.5. The molecule has 0 aliphatic carbocycles. The average molecular weight is 451 g/mol. The molecule has 5 rings (SSSR count). The molecule has 2 aliphatic heterocycles. The zero-order valence-electron chi connectivity index (χ0n) is 17.3. The number of nitrogens with zero attached hydrogens (tertiary/aromatic N) is 3. The first-order chi connectivity index (χ1) is 15.5. The lowest BCUT2D eigenvalue weighted by atomic mass is 10.1. The van der Waals surface area contributed by atoms with Gasteiger partial charge in [0.05, 0.1) is 11.5 Å². The second kappa shape index (κ2) is 8.48. The van der Waals surface area contributed by atoms with Crippen LogP contribution in [-0.2, 0) is 15.7 Å². The Kier molecular flexibility index (Phi) is 5.53. The van der Waals surface area contributed by atoms with Crippen molar-refractivity contribution in [2.24, 2.45) is 0 Å². The smallest absolute Gasteiger partial charge is 0.346 e. The minimum absolute atomic E-state index is 0.0889. The Morgan fingerprint density at radius 3 is 2.09 bits per heavy atom. The molecule has 0 spiro atoms. The van der Waals surface area contributed by atoms with Gasteiger partial charge in [0.1, 0.15) is 5.75 Å². The second-order valence-corrected chi connectivity index (χ2v) is 10.1. The van der Waals surface area contributed by atoms with Gasteiger partial charge in [0, 0.05) is 32.2 Å². The first kappa shape index (κ1) is 20.8. The number of nitro groups is 1. The van der Waals surface area contributed by atoms with Crippen molar-refractivity contribution in [3.8, 4) is 22.6 Å². The summed E-state index contributed by atoms with van der Waals surface area (Å²) in [5.74, 6) is 0.613. The summed E-state index contributed by atoms with van der Waals surface area (Å²) in [4.78, 5) is 11.0. The van der Waals surface area contributed by atoms with Gasteiger partial charge in [-0.3, -0.25) is 14.7 Å². The van der Waals surface area contributed by atoms with Crippen molar-refractivity contribution in [1.82, 2.24) is 9.34 Å². The van der Waals surface area contributed by atoms with Crippen LogP contribution in [0.25, 0.3) is 11.1 Å². The van der Waals surface area contributed by atoms with Crippen molar-refractivity contribution in [3.05, 3.63) is 88.5 Å². The quantitative estimate of drug-likeness (QED) is 0.189. The first-order valence-electron chi connectivity index (χ1n) is 10.4. The van der Waals surface area contributed by atoms with Gasteiger partial charge in [-0.15, -0.1) is 0 Å². The Bertz CT molecular complexity index is 1160. The van der Waals surface area contributed by atoms with E-state index in [2.05, 4.69) is 0 Å². The van der Waals surface area contributed by atoms with Crippen LogP contribution in [0.1, 0.15) is 5.56 Å². The lowest BCUT2D eigenvalue weighted by Crippen LogP contribution is -2.08. The molecule has 2 aliphatic rings. The molecule has 0 atom stereocenters. The second-order valence-electron chi connectivity index (χ2n) is 7.72. The van der Waals surface area contributed by atoms with Crippen molar-refractivity contribution < 1.29 is 18.7 Å². The van der Waals surface area contributed by atoms with Crippen LogP contribution in [0.15, 0.2) is 72.8 Å². The molecule has 0 bridgehead atoms. The fraction of sp³-hybridized carbons (Fsp3) is 0.217. The monoisotopic (exact) mass is 451 g/mol. The fourth-order valence-electron chi connectivity index (χ4n) is 3.45. The maximum Gasteiger partial charge on any atom is 0.346 e. The van der Waals surface area contributed by atoms with E-state index in [1.165, 1.54) is 6.07 Å². The van der Waals surface area contributed by atoms with Gasteiger partial charge in [-0.05, 0) is 41.0 Å². The van der Waals surface area contributed by atoms with Crippen molar-refractivity contribution >= 4 is 13.4 Å². The van der Waals surface area contributed by atoms with E-state index in [4.69, 9.17) is 9.26 Å². The van der Waals surface area contributed by atoms with E-state index < -0.39 is 12.6 Å². The summed E-state index contributed by atoms with van der Waals surface area (Å²) in [6.07, 6.45) is 0. The summed E-state index contributed by atoms with van der Waals surface area (Å²) in [5.41, 5.74) is 2.62.